The first-order chi connectivity index (χ1) is 9.56. The molecule has 0 aliphatic heterocycles. The topological polar surface area (TPSA) is 44.9 Å². The summed E-state index contributed by atoms with van der Waals surface area (Å²) in [6.07, 6.45) is 3.32. The summed E-state index contributed by atoms with van der Waals surface area (Å²) >= 11 is 6.27. The maximum absolute atomic E-state index is 6.27. The average Bonchev–Trinajstić information content (AvgIpc) is 2.89. The highest BCUT2D eigenvalue weighted by molar-refractivity contribution is 6.20. The summed E-state index contributed by atoms with van der Waals surface area (Å²) in [6, 6.07) is 0. The van der Waals surface area contributed by atoms with Gasteiger partial charge >= 0.3 is 0 Å². The van der Waals surface area contributed by atoms with Crippen molar-refractivity contribution in [3.05, 3.63) is 11.5 Å². The monoisotopic (exact) mass is 298 g/mol. The van der Waals surface area contributed by atoms with Gasteiger partial charge in [-0.15, -0.1) is 11.6 Å². The van der Waals surface area contributed by atoms with Gasteiger partial charge in [0.25, 0.3) is 0 Å². The van der Waals surface area contributed by atoms with E-state index in [2.05, 4.69) is 14.6 Å². The number of imidazole rings is 1. The Kier molecular flexibility index (Phi) is 5.05. The molecule has 0 aliphatic rings. The van der Waals surface area contributed by atoms with Gasteiger partial charge in [-0.3, -0.25) is 4.68 Å². The summed E-state index contributed by atoms with van der Waals surface area (Å²) in [7, 11) is 3.70. The molecule has 2 aromatic rings. The Hall–Kier alpha value is -1.07. The van der Waals surface area contributed by atoms with Crippen molar-refractivity contribution in [1.82, 2.24) is 19.3 Å². The molecule has 0 spiro atoms. The number of ether oxygens (including phenoxy) is 1. The Balaban J connectivity index is 2.22. The van der Waals surface area contributed by atoms with Crippen LogP contribution in [0, 0.1) is 6.92 Å². The number of rotatable bonds is 7. The van der Waals surface area contributed by atoms with Crippen molar-refractivity contribution in [2.75, 3.05) is 13.7 Å². The molecule has 6 heteroatoms. The van der Waals surface area contributed by atoms with Crippen LogP contribution in [0.5, 0.6) is 0 Å². The predicted octanol–water partition coefficient (Wildman–Crippen LogP) is 3.19. The molecule has 112 valence electrons. The molecule has 2 heterocycles. The van der Waals surface area contributed by atoms with Crippen LogP contribution in [0.2, 0.25) is 0 Å². The van der Waals surface area contributed by atoms with E-state index in [-0.39, 0.29) is 5.38 Å². The first kappa shape index (κ1) is 15.3. The van der Waals surface area contributed by atoms with Gasteiger partial charge in [0.15, 0.2) is 5.65 Å². The van der Waals surface area contributed by atoms with E-state index < -0.39 is 0 Å². The van der Waals surface area contributed by atoms with Crippen molar-refractivity contribution in [2.24, 2.45) is 7.05 Å². The smallest absolute Gasteiger partial charge is 0.158 e. The Morgan fingerprint density at radius 3 is 2.70 bits per heavy atom. The Morgan fingerprint density at radius 1 is 1.30 bits per heavy atom. The molecule has 0 saturated carbocycles. The normalized spacial score (nSPS) is 13.2. The van der Waals surface area contributed by atoms with E-state index >= 15 is 0 Å². The molecular formula is C14H23ClN4O. The zero-order valence-corrected chi connectivity index (χ0v) is 13.4. The molecule has 2 aromatic heterocycles. The van der Waals surface area contributed by atoms with E-state index in [4.69, 9.17) is 16.3 Å². The second kappa shape index (κ2) is 6.59. The van der Waals surface area contributed by atoms with Crippen LogP contribution in [0.1, 0.15) is 43.1 Å². The number of aromatic nitrogens is 4. The summed E-state index contributed by atoms with van der Waals surface area (Å²) in [6.45, 7) is 5.70. The minimum Gasteiger partial charge on any atom is -0.385 e. The molecule has 2 rings (SSSR count). The Morgan fingerprint density at radius 2 is 2.05 bits per heavy atom. The van der Waals surface area contributed by atoms with Crippen LogP contribution in [0.3, 0.4) is 0 Å². The first-order valence-electron chi connectivity index (χ1n) is 7.09. The molecule has 0 bridgehead atoms. The summed E-state index contributed by atoms with van der Waals surface area (Å²) in [5, 5.41) is 4.34. The van der Waals surface area contributed by atoms with Gasteiger partial charge in [0, 0.05) is 27.3 Å². The molecule has 20 heavy (non-hydrogen) atoms. The van der Waals surface area contributed by atoms with E-state index in [1.54, 1.807) is 7.11 Å². The van der Waals surface area contributed by atoms with Gasteiger partial charge < -0.3 is 9.30 Å². The van der Waals surface area contributed by atoms with E-state index in [1.165, 1.54) is 0 Å². The zero-order chi connectivity index (χ0) is 14.7. The van der Waals surface area contributed by atoms with Crippen molar-refractivity contribution in [3.63, 3.8) is 0 Å². The van der Waals surface area contributed by atoms with Crippen molar-refractivity contribution >= 4 is 22.8 Å². The highest BCUT2D eigenvalue weighted by atomic mass is 35.5. The van der Waals surface area contributed by atoms with Crippen molar-refractivity contribution < 1.29 is 4.74 Å². The number of unbranched alkanes of at least 4 members (excludes halogenated alkanes) is 2. The van der Waals surface area contributed by atoms with Gasteiger partial charge in [0.2, 0.25) is 0 Å². The van der Waals surface area contributed by atoms with Crippen LogP contribution in [-0.4, -0.2) is 33.0 Å². The summed E-state index contributed by atoms with van der Waals surface area (Å²) in [5.74, 6) is 0.935. The lowest BCUT2D eigenvalue weighted by Crippen LogP contribution is -2.08. The van der Waals surface area contributed by atoms with Crippen molar-refractivity contribution in [1.29, 1.82) is 0 Å². The number of hydrogen-bond acceptors (Lipinski definition) is 3. The number of halogens is 1. The van der Waals surface area contributed by atoms with Crippen LogP contribution in [0.4, 0.5) is 0 Å². The SMILES string of the molecule is COCCCCCn1c(C(C)Cl)nc2c(C)nn(C)c21. The molecule has 0 saturated heterocycles. The molecule has 1 atom stereocenters. The summed E-state index contributed by atoms with van der Waals surface area (Å²) in [4.78, 5) is 4.67. The lowest BCUT2D eigenvalue weighted by Gasteiger charge is -2.10. The Bertz CT molecular complexity index is 573. The fourth-order valence-corrected chi connectivity index (χ4v) is 2.74. The van der Waals surface area contributed by atoms with E-state index in [0.717, 1.165) is 55.1 Å². The molecule has 5 nitrogen and oxygen atoms in total. The van der Waals surface area contributed by atoms with Gasteiger partial charge in [-0.05, 0) is 33.1 Å². The van der Waals surface area contributed by atoms with E-state index in [9.17, 15) is 0 Å². The minimum atomic E-state index is -0.0965. The van der Waals surface area contributed by atoms with E-state index in [0.29, 0.717) is 0 Å². The number of fused-ring (bicyclic) bond motifs is 1. The molecule has 0 radical (unpaired) electrons. The number of hydrogen-bond donors (Lipinski definition) is 0. The number of nitrogens with zero attached hydrogens (tertiary/aromatic N) is 4. The van der Waals surface area contributed by atoms with Gasteiger partial charge in [-0.1, -0.05) is 0 Å². The lowest BCUT2D eigenvalue weighted by molar-refractivity contribution is 0.191. The number of methoxy groups -OCH3 is 1. The molecule has 0 fully saturated rings. The van der Waals surface area contributed by atoms with Gasteiger partial charge in [0.05, 0.1) is 11.1 Å². The second-order valence-electron chi connectivity index (χ2n) is 5.17. The highest BCUT2D eigenvalue weighted by Crippen LogP contribution is 2.26. The minimum absolute atomic E-state index is 0.0965. The number of alkyl halides is 1. The fraction of sp³-hybridized carbons (Fsp3) is 0.714. The van der Waals surface area contributed by atoms with Crippen LogP contribution >= 0.6 is 11.6 Å². The quantitative estimate of drug-likeness (QED) is 0.582. The van der Waals surface area contributed by atoms with Crippen LogP contribution < -0.4 is 0 Å². The van der Waals surface area contributed by atoms with E-state index in [1.807, 2.05) is 25.6 Å². The molecule has 0 N–H and O–H groups in total. The average molecular weight is 299 g/mol. The number of aryl methyl sites for hydroxylation is 3. The van der Waals surface area contributed by atoms with Crippen LogP contribution in [-0.2, 0) is 18.3 Å². The zero-order valence-electron chi connectivity index (χ0n) is 12.7. The maximum atomic E-state index is 6.27. The summed E-state index contributed by atoms with van der Waals surface area (Å²) in [5.41, 5.74) is 2.99. The molecule has 0 aliphatic carbocycles. The highest BCUT2D eigenvalue weighted by Gasteiger charge is 2.19. The standard InChI is InChI=1S/C14H23ClN4O/c1-10(15)13-16-12-11(2)17-18(3)14(12)19(13)8-6-5-7-9-20-4/h10H,5-9H2,1-4H3. The van der Waals surface area contributed by atoms with Gasteiger partial charge in [-0.2, -0.15) is 5.10 Å². The van der Waals surface area contributed by atoms with Crippen molar-refractivity contribution in [3.8, 4) is 0 Å². The molecular weight excluding hydrogens is 276 g/mol. The Labute approximate surface area is 124 Å². The summed E-state index contributed by atoms with van der Waals surface area (Å²) < 4.78 is 9.19. The molecule has 1 unspecified atom stereocenters. The van der Waals surface area contributed by atoms with Crippen LogP contribution in [0.15, 0.2) is 0 Å². The van der Waals surface area contributed by atoms with Gasteiger partial charge in [-0.25, -0.2) is 4.98 Å². The lowest BCUT2D eigenvalue weighted by atomic mass is 10.2. The molecule has 0 amide bonds. The fourth-order valence-electron chi connectivity index (χ4n) is 2.57. The maximum Gasteiger partial charge on any atom is 0.158 e. The van der Waals surface area contributed by atoms with Crippen molar-refractivity contribution in [2.45, 2.75) is 45.0 Å². The third kappa shape index (κ3) is 2.99. The largest absolute Gasteiger partial charge is 0.385 e. The molecule has 0 aromatic carbocycles. The third-order valence-corrected chi connectivity index (χ3v) is 3.70. The first-order valence-corrected chi connectivity index (χ1v) is 7.52. The predicted molar refractivity (Wildman–Crippen MR) is 81.2 cm³/mol. The second-order valence-corrected chi connectivity index (χ2v) is 5.83. The third-order valence-electron chi connectivity index (χ3n) is 3.51. The van der Waals surface area contributed by atoms with Gasteiger partial charge in [0.1, 0.15) is 11.3 Å². The van der Waals surface area contributed by atoms with Crippen LogP contribution in [0.25, 0.3) is 11.2 Å².